The summed E-state index contributed by atoms with van der Waals surface area (Å²) in [6, 6.07) is 5.51. The first-order valence-electron chi connectivity index (χ1n) is 7.69. The van der Waals surface area contributed by atoms with Crippen molar-refractivity contribution in [3.8, 4) is 0 Å². The molecule has 1 saturated carbocycles. The lowest BCUT2D eigenvalue weighted by Gasteiger charge is -2.36. The average Bonchev–Trinajstić information content (AvgIpc) is 2.96. The number of rotatable bonds is 2. The Morgan fingerprint density at radius 1 is 1.23 bits per heavy atom. The fourth-order valence-corrected chi connectivity index (χ4v) is 2.66. The van der Waals surface area contributed by atoms with Crippen molar-refractivity contribution in [2.45, 2.75) is 52.0 Å². The molecule has 1 aromatic rings. The Kier molecular flexibility index (Phi) is 4.84. The van der Waals surface area contributed by atoms with Gasteiger partial charge in [-0.1, -0.05) is 18.9 Å². The fraction of sp³-hybridized carbons (Fsp3) is 0.529. The second kappa shape index (κ2) is 6.46. The lowest BCUT2D eigenvalue weighted by Crippen LogP contribution is -2.56. The predicted octanol–water partition coefficient (Wildman–Crippen LogP) is 3.29. The normalized spacial score (nSPS) is 15.6. The minimum absolute atomic E-state index is 0.0369. The topological polar surface area (TPSA) is 49.4 Å². The predicted molar refractivity (Wildman–Crippen MR) is 82.4 cm³/mol. The van der Waals surface area contributed by atoms with Gasteiger partial charge in [0.15, 0.2) is 0 Å². The molecule has 4 nitrogen and oxygen atoms in total. The largest absolute Gasteiger partial charge is 0.273 e. The molecule has 0 bridgehead atoms. The Labute approximate surface area is 130 Å². The van der Waals surface area contributed by atoms with E-state index in [0.29, 0.717) is 0 Å². The zero-order chi connectivity index (χ0) is 16.3. The zero-order valence-electron chi connectivity index (χ0n) is 13.4. The van der Waals surface area contributed by atoms with Crippen LogP contribution in [0.1, 0.15) is 56.8 Å². The number of carbonyl (C=O) groups excluding carboxylic acids is 2. The van der Waals surface area contributed by atoms with E-state index in [4.69, 9.17) is 0 Å². The van der Waals surface area contributed by atoms with Gasteiger partial charge < -0.3 is 0 Å². The van der Waals surface area contributed by atoms with Gasteiger partial charge in [0.1, 0.15) is 5.82 Å². The highest BCUT2D eigenvalue weighted by Gasteiger charge is 2.32. The van der Waals surface area contributed by atoms with Crippen molar-refractivity contribution in [3.63, 3.8) is 0 Å². The molecule has 22 heavy (non-hydrogen) atoms. The maximum absolute atomic E-state index is 13.3. The molecule has 0 aliphatic heterocycles. The number of hydrazine groups is 1. The molecule has 0 saturated heterocycles. The first-order valence-corrected chi connectivity index (χ1v) is 7.69. The molecule has 2 amide bonds. The van der Waals surface area contributed by atoms with Crippen LogP contribution in [-0.4, -0.2) is 22.4 Å². The summed E-state index contributed by atoms with van der Waals surface area (Å²) in [5, 5.41) is 1.31. The van der Waals surface area contributed by atoms with Crippen molar-refractivity contribution in [2.75, 3.05) is 0 Å². The number of carbonyl (C=O) groups is 2. The number of halogens is 1. The van der Waals surface area contributed by atoms with Crippen LogP contribution in [0.5, 0.6) is 0 Å². The van der Waals surface area contributed by atoms with Crippen LogP contribution >= 0.6 is 0 Å². The highest BCUT2D eigenvalue weighted by molar-refractivity contribution is 5.96. The van der Waals surface area contributed by atoms with Crippen LogP contribution < -0.4 is 5.43 Å². The van der Waals surface area contributed by atoms with Gasteiger partial charge in [0.05, 0.1) is 5.54 Å². The molecule has 2 rings (SSSR count). The van der Waals surface area contributed by atoms with Crippen LogP contribution in [0.3, 0.4) is 0 Å². The number of nitrogens with one attached hydrogen (secondary N) is 1. The van der Waals surface area contributed by atoms with Crippen LogP contribution in [0.2, 0.25) is 0 Å². The quantitative estimate of drug-likeness (QED) is 0.852. The maximum atomic E-state index is 13.3. The van der Waals surface area contributed by atoms with Gasteiger partial charge in [0.25, 0.3) is 5.91 Å². The van der Waals surface area contributed by atoms with E-state index in [2.05, 4.69) is 5.43 Å². The first kappa shape index (κ1) is 16.5. The van der Waals surface area contributed by atoms with Crippen molar-refractivity contribution >= 4 is 11.8 Å². The third-order valence-corrected chi connectivity index (χ3v) is 3.89. The summed E-state index contributed by atoms with van der Waals surface area (Å²) in [5.41, 5.74) is 2.36. The molecule has 1 aromatic carbocycles. The Morgan fingerprint density at radius 2 is 1.86 bits per heavy atom. The smallest absolute Gasteiger partial charge is 0.272 e. The molecule has 0 radical (unpaired) electrons. The first-order chi connectivity index (χ1) is 10.3. The standard InChI is InChI=1S/C17H23FN2O2/c1-17(2,3)20(19-15(21)12-7-4-5-8-12)16(22)13-9-6-10-14(18)11-13/h6,9-12H,4-5,7-8H2,1-3H3,(H,19,21). The SMILES string of the molecule is CC(C)(C)N(NC(=O)C1CCCC1)C(=O)c1cccc(F)c1. The lowest BCUT2D eigenvalue weighted by atomic mass is 10.1. The Balaban J connectivity index is 2.19. The second-order valence-corrected chi connectivity index (χ2v) is 6.78. The van der Waals surface area contributed by atoms with Crippen LogP contribution in [0.15, 0.2) is 24.3 Å². The number of nitrogens with zero attached hydrogens (tertiary/aromatic N) is 1. The number of hydrogen-bond donors (Lipinski definition) is 1. The Bertz CT molecular complexity index is 560. The fourth-order valence-electron chi connectivity index (χ4n) is 2.66. The average molecular weight is 306 g/mol. The van der Waals surface area contributed by atoms with E-state index in [1.165, 1.54) is 23.2 Å². The summed E-state index contributed by atoms with van der Waals surface area (Å²) >= 11 is 0. The highest BCUT2D eigenvalue weighted by Crippen LogP contribution is 2.25. The molecular weight excluding hydrogens is 283 g/mol. The number of benzene rings is 1. The summed E-state index contributed by atoms with van der Waals surface area (Å²) in [4.78, 5) is 25.0. The van der Waals surface area contributed by atoms with Gasteiger partial charge in [-0.05, 0) is 51.8 Å². The lowest BCUT2D eigenvalue weighted by molar-refractivity contribution is -0.130. The molecule has 0 unspecified atom stereocenters. The van der Waals surface area contributed by atoms with Gasteiger partial charge in [-0.3, -0.25) is 15.0 Å². The molecule has 120 valence electrons. The van der Waals surface area contributed by atoms with Crippen molar-refractivity contribution in [1.82, 2.24) is 10.4 Å². The van der Waals surface area contributed by atoms with Gasteiger partial charge in [0.2, 0.25) is 5.91 Å². The Hall–Kier alpha value is -1.91. The minimum atomic E-state index is -0.600. The van der Waals surface area contributed by atoms with Gasteiger partial charge in [-0.2, -0.15) is 0 Å². The number of hydrogen-bond acceptors (Lipinski definition) is 2. The van der Waals surface area contributed by atoms with E-state index < -0.39 is 17.3 Å². The molecule has 1 aliphatic rings. The third-order valence-electron chi connectivity index (χ3n) is 3.89. The van der Waals surface area contributed by atoms with Crippen molar-refractivity contribution in [1.29, 1.82) is 0 Å². The second-order valence-electron chi connectivity index (χ2n) is 6.78. The maximum Gasteiger partial charge on any atom is 0.272 e. The van der Waals surface area contributed by atoms with Gasteiger partial charge >= 0.3 is 0 Å². The summed E-state index contributed by atoms with van der Waals surface area (Å²) in [5.74, 6) is -1.04. The molecule has 1 aliphatic carbocycles. The van der Waals surface area contributed by atoms with Gasteiger partial charge in [-0.25, -0.2) is 9.40 Å². The van der Waals surface area contributed by atoms with Crippen molar-refractivity contribution < 1.29 is 14.0 Å². The molecular formula is C17H23FN2O2. The highest BCUT2D eigenvalue weighted by atomic mass is 19.1. The third kappa shape index (κ3) is 3.84. The van der Waals surface area contributed by atoms with E-state index in [0.717, 1.165) is 25.7 Å². The molecule has 1 fully saturated rings. The molecule has 1 N–H and O–H groups in total. The van der Waals surface area contributed by atoms with E-state index in [9.17, 15) is 14.0 Å². The Morgan fingerprint density at radius 3 is 2.41 bits per heavy atom. The summed E-state index contributed by atoms with van der Waals surface area (Å²) < 4.78 is 13.3. The molecule has 5 heteroatoms. The van der Waals surface area contributed by atoms with Crippen LogP contribution in [-0.2, 0) is 4.79 Å². The van der Waals surface area contributed by atoms with Gasteiger partial charge in [0, 0.05) is 11.5 Å². The van der Waals surface area contributed by atoms with Crippen molar-refractivity contribution in [2.24, 2.45) is 5.92 Å². The minimum Gasteiger partial charge on any atom is -0.273 e. The molecule has 0 aromatic heterocycles. The van der Waals surface area contributed by atoms with Crippen LogP contribution in [0.25, 0.3) is 0 Å². The number of amides is 2. The zero-order valence-corrected chi connectivity index (χ0v) is 13.4. The summed E-state index contributed by atoms with van der Waals surface area (Å²) in [6.07, 6.45) is 3.81. The molecule has 0 heterocycles. The molecule has 0 atom stereocenters. The van der Waals surface area contributed by atoms with E-state index in [-0.39, 0.29) is 17.4 Å². The van der Waals surface area contributed by atoms with Gasteiger partial charge in [-0.15, -0.1) is 0 Å². The van der Waals surface area contributed by atoms with E-state index >= 15 is 0 Å². The van der Waals surface area contributed by atoms with Crippen LogP contribution in [0.4, 0.5) is 4.39 Å². The van der Waals surface area contributed by atoms with Crippen LogP contribution in [0, 0.1) is 11.7 Å². The van der Waals surface area contributed by atoms with Crippen molar-refractivity contribution in [3.05, 3.63) is 35.6 Å². The van der Waals surface area contributed by atoms with E-state index in [1.807, 2.05) is 20.8 Å². The summed E-state index contributed by atoms with van der Waals surface area (Å²) in [7, 11) is 0. The van der Waals surface area contributed by atoms with E-state index in [1.54, 1.807) is 6.07 Å². The monoisotopic (exact) mass is 306 g/mol. The summed E-state index contributed by atoms with van der Waals surface area (Å²) in [6.45, 7) is 5.50. The molecule has 0 spiro atoms.